The third-order valence-electron chi connectivity index (χ3n) is 3.46. The normalized spacial score (nSPS) is 40.2. The topological polar surface area (TPSA) is 70.1 Å². The smallest absolute Gasteiger partial charge is 0.282 e. The van der Waals surface area contributed by atoms with Gasteiger partial charge in [0.25, 0.3) is 10.2 Å². The lowest BCUT2D eigenvalue weighted by Gasteiger charge is -2.36. The molecule has 0 saturated carbocycles. The lowest BCUT2D eigenvalue weighted by molar-refractivity contribution is -0.0454. The van der Waals surface area contributed by atoms with Crippen molar-refractivity contribution in [3.05, 3.63) is 0 Å². The first kappa shape index (κ1) is 14.2. The van der Waals surface area contributed by atoms with Gasteiger partial charge in [-0.1, -0.05) is 0 Å². The molecule has 2 heterocycles. The Kier molecular flexibility index (Phi) is 3.72. The number of hydrogen-bond donors (Lipinski definition) is 1. The number of hydrogen-bond acceptors (Lipinski definition) is 4. The van der Waals surface area contributed by atoms with Gasteiger partial charge in [0.2, 0.25) is 0 Å². The van der Waals surface area contributed by atoms with E-state index < -0.39 is 15.8 Å². The van der Waals surface area contributed by atoms with Gasteiger partial charge >= 0.3 is 0 Å². The summed E-state index contributed by atoms with van der Waals surface area (Å²) in [5, 5.41) is 9.88. The third-order valence-corrected chi connectivity index (χ3v) is 5.37. The fourth-order valence-electron chi connectivity index (χ4n) is 2.58. The largest absolute Gasteiger partial charge is 0.389 e. The Bertz CT molecular complexity index is 399. The molecule has 0 aromatic heterocycles. The zero-order valence-electron chi connectivity index (χ0n) is 11.2. The Morgan fingerprint density at radius 3 is 2.22 bits per heavy atom. The molecule has 7 heteroatoms. The summed E-state index contributed by atoms with van der Waals surface area (Å²) in [7, 11) is -3.47. The number of nitrogens with zero attached hydrogens (tertiary/aromatic N) is 2. The fraction of sp³-hybridized carbons (Fsp3) is 1.00. The number of morpholine rings is 1. The third kappa shape index (κ3) is 2.85. The van der Waals surface area contributed by atoms with E-state index in [1.165, 1.54) is 8.61 Å². The van der Waals surface area contributed by atoms with Crippen LogP contribution in [0.15, 0.2) is 0 Å². The van der Waals surface area contributed by atoms with E-state index in [2.05, 4.69) is 0 Å². The van der Waals surface area contributed by atoms with E-state index in [0.29, 0.717) is 26.1 Å². The summed E-state index contributed by atoms with van der Waals surface area (Å²) in [6.07, 6.45) is 0.306. The molecule has 3 unspecified atom stereocenters. The maximum Gasteiger partial charge on any atom is 0.282 e. The van der Waals surface area contributed by atoms with Crippen LogP contribution in [0.1, 0.15) is 27.2 Å². The van der Waals surface area contributed by atoms with Crippen LogP contribution in [0.2, 0.25) is 0 Å². The fourth-order valence-corrected chi connectivity index (χ4v) is 4.47. The average molecular weight is 278 g/mol. The summed E-state index contributed by atoms with van der Waals surface area (Å²) in [5.74, 6) is 0. The van der Waals surface area contributed by atoms with Crippen LogP contribution in [0, 0.1) is 0 Å². The van der Waals surface area contributed by atoms with Gasteiger partial charge in [0.05, 0.1) is 17.8 Å². The number of rotatable bonds is 2. The van der Waals surface area contributed by atoms with Crippen molar-refractivity contribution in [3.8, 4) is 0 Å². The maximum absolute atomic E-state index is 12.5. The Morgan fingerprint density at radius 2 is 1.78 bits per heavy atom. The van der Waals surface area contributed by atoms with Gasteiger partial charge in [-0.2, -0.15) is 17.0 Å². The minimum absolute atomic E-state index is 0.0911. The van der Waals surface area contributed by atoms with Crippen molar-refractivity contribution in [2.75, 3.05) is 26.2 Å². The molecule has 6 nitrogen and oxygen atoms in total. The highest BCUT2D eigenvalue weighted by atomic mass is 32.2. The van der Waals surface area contributed by atoms with Crippen molar-refractivity contribution in [2.24, 2.45) is 0 Å². The first-order valence-electron chi connectivity index (χ1n) is 6.34. The summed E-state index contributed by atoms with van der Waals surface area (Å²) in [4.78, 5) is 0. The van der Waals surface area contributed by atoms with Gasteiger partial charge < -0.3 is 9.84 Å². The highest BCUT2D eigenvalue weighted by Gasteiger charge is 2.42. The molecule has 2 fully saturated rings. The molecular weight excluding hydrogens is 256 g/mol. The SMILES string of the molecule is CC1CN(S(=O)(=O)N2CCC(C)(O)C2)CC(C)O1. The van der Waals surface area contributed by atoms with Gasteiger partial charge in [-0.05, 0) is 27.2 Å². The summed E-state index contributed by atoms with van der Waals surface area (Å²) in [6.45, 7) is 6.74. The number of aliphatic hydroxyl groups is 1. The van der Waals surface area contributed by atoms with E-state index in [-0.39, 0.29) is 18.8 Å². The zero-order chi connectivity index (χ0) is 13.6. The molecule has 0 spiro atoms. The van der Waals surface area contributed by atoms with Gasteiger partial charge in [0.15, 0.2) is 0 Å². The number of β-amino-alcohol motifs (C(OH)–C–C–N with tert-alkyl or cyclic N) is 1. The standard InChI is InChI=1S/C11H22N2O4S/c1-9-6-13(7-10(2)17-9)18(15,16)12-5-4-11(3,14)8-12/h9-10,14H,4-8H2,1-3H3. The van der Waals surface area contributed by atoms with Crippen LogP contribution in [0.5, 0.6) is 0 Å². The van der Waals surface area contributed by atoms with E-state index in [1.807, 2.05) is 13.8 Å². The van der Waals surface area contributed by atoms with Gasteiger partial charge in [0.1, 0.15) is 0 Å². The van der Waals surface area contributed by atoms with Crippen LogP contribution >= 0.6 is 0 Å². The summed E-state index contributed by atoms with van der Waals surface area (Å²) in [5.41, 5.74) is -0.906. The Morgan fingerprint density at radius 1 is 1.22 bits per heavy atom. The minimum atomic E-state index is -3.47. The first-order chi connectivity index (χ1) is 8.21. The molecule has 0 aliphatic carbocycles. The molecule has 3 atom stereocenters. The summed E-state index contributed by atoms with van der Waals surface area (Å²) >= 11 is 0. The van der Waals surface area contributed by atoms with Crippen LogP contribution in [0.25, 0.3) is 0 Å². The minimum Gasteiger partial charge on any atom is -0.389 e. The molecule has 2 aliphatic heterocycles. The molecule has 2 saturated heterocycles. The van der Waals surface area contributed by atoms with Crippen LogP contribution in [0.3, 0.4) is 0 Å². The van der Waals surface area contributed by atoms with Crippen molar-refractivity contribution < 1.29 is 18.3 Å². The Balaban J connectivity index is 2.11. The quantitative estimate of drug-likeness (QED) is 0.759. The van der Waals surface area contributed by atoms with Gasteiger partial charge in [-0.15, -0.1) is 0 Å². The molecular formula is C11H22N2O4S. The molecule has 0 aromatic carbocycles. The Labute approximate surface area is 109 Å². The molecule has 0 aromatic rings. The van der Waals surface area contributed by atoms with E-state index in [4.69, 9.17) is 4.74 Å². The van der Waals surface area contributed by atoms with Crippen molar-refractivity contribution in [1.82, 2.24) is 8.61 Å². The van der Waals surface area contributed by atoms with Gasteiger partial charge in [0, 0.05) is 26.2 Å². The Hall–Kier alpha value is -0.210. The summed E-state index contributed by atoms with van der Waals surface area (Å²) in [6, 6.07) is 0. The number of ether oxygens (including phenoxy) is 1. The molecule has 0 amide bonds. The van der Waals surface area contributed by atoms with Crippen molar-refractivity contribution in [3.63, 3.8) is 0 Å². The second-order valence-electron chi connectivity index (χ2n) is 5.66. The molecule has 18 heavy (non-hydrogen) atoms. The molecule has 106 valence electrons. The highest BCUT2D eigenvalue weighted by Crippen LogP contribution is 2.26. The van der Waals surface area contributed by atoms with Crippen molar-refractivity contribution >= 4 is 10.2 Å². The zero-order valence-corrected chi connectivity index (χ0v) is 12.0. The lowest BCUT2D eigenvalue weighted by atomic mass is 10.1. The van der Waals surface area contributed by atoms with Crippen molar-refractivity contribution in [1.29, 1.82) is 0 Å². The second-order valence-corrected chi connectivity index (χ2v) is 7.59. The molecule has 1 N–H and O–H groups in total. The molecule has 0 radical (unpaired) electrons. The molecule has 0 bridgehead atoms. The lowest BCUT2D eigenvalue weighted by Crippen LogP contribution is -2.53. The highest BCUT2D eigenvalue weighted by molar-refractivity contribution is 7.86. The van der Waals surface area contributed by atoms with Crippen LogP contribution in [-0.2, 0) is 14.9 Å². The second kappa shape index (κ2) is 4.72. The van der Waals surface area contributed by atoms with Crippen LogP contribution in [-0.4, -0.2) is 66.1 Å². The van der Waals surface area contributed by atoms with Crippen LogP contribution in [0.4, 0.5) is 0 Å². The average Bonchev–Trinajstić information content (AvgIpc) is 2.58. The van der Waals surface area contributed by atoms with E-state index in [9.17, 15) is 13.5 Å². The van der Waals surface area contributed by atoms with Crippen LogP contribution < -0.4 is 0 Å². The van der Waals surface area contributed by atoms with E-state index in [0.717, 1.165) is 0 Å². The maximum atomic E-state index is 12.5. The molecule has 2 rings (SSSR count). The van der Waals surface area contributed by atoms with Crippen molar-refractivity contribution in [2.45, 2.75) is 45.0 Å². The monoisotopic (exact) mass is 278 g/mol. The molecule has 2 aliphatic rings. The van der Waals surface area contributed by atoms with E-state index >= 15 is 0 Å². The van der Waals surface area contributed by atoms with E-state index in [1.54, 1.807) is 6.92 Å². The van der Waals surface area contributed by atoms with Gasteiger partial charge in [-0.3, -0.25) is 0 Å². The predicted octanol–water partition coefficient (Wildman–Crippen LogP) is -0.203. The first-order valence-corrected chi connectivity index (χ1v) is 7.73. The predicted molar refractivity (Wildman–Crippen MR) is 67.3 cm³/mol. The van der Waals surface area contributed by atoms with Gasteiger partial charge in [-0.25, -0.2) is 0 Å². The summed E-state index contributed by atoms with van der Waals surface area (Å²) < 4.78 is 33.3.